The van der Waals surface area contributed by atoms with Crippen molar-refractivity contribution in [1.29, 1.82) is 0 Å². The first-order valence-electron chi connectivity index (χ1n) is 10.5. The molecule has 1 aromatic heterocycles. The molecule has 1 N–H and O–H groups in total. The van der Waals surface area contributed by atoms with Crippen LogP contribution in [-0.2, 0) is 16.0 Å². The van der Waals surface area contributed by atoms with E-state index < -0.39 is 12.1 Å². The Morgan fingerprint density at radius 1 is 1.13 bits per heavy atom. The summed E-state index contributed by atoms with van der Waals surface area (Å²) in [7, 11) is 3.29. The largest absolute Gasteiger partial charge is 0.493 e. The molecule has 0 radical (unpaired) electrons. The number of carbonyl (C=O) groups is 2. The van der Waals surface area contributed by atoms with Gasteiger partial charge >= 0.3 is 0 Å². The monoisotopic (exact) mass is 419 g/mol. The predicted octanol–water partition coefficient (Wildman–Crippen LogP) is 2.89. The number of aromatic nitrogens is 1. The van der Waals surface area contributed by atoms with E-state index in [9.17, 15) is 9.59 Å². The van der Waals surface area contributed by atoms with Crippen molar-refractivity contribution in [2.75, 3.05) is 27.3 Å². The minimum Gasteiger partial charge on any atom is -0.493 e. The summed E-state index contributed by atoms with van der Waals surface area (Å²) in [5.74, 6) is 1.17. The maximum atomic E-state index is 13.2. The van der Waals surface area contributed by atoms with Crippen molar-refractivity contribution in [3.05, 3.63) is 59.3 Å². The van der Waals surface area contributed by atoms with Crippen molar-refractivity contribution in [2.24, 2.45) is 0 Å². The summed E-state index contributed by atoms with van der Waals surface area (Å²) in [6.07, 6.45) is 0.499. The molecular weight excluding hydrogens is 394 g/mol. The molecule has 160 valence electrons. The number of benzene rings is 2. The molecule has 0 bridgehead atoms. The lowest BCUT2D eigenvalue weighted by Gasteiger charge is -2.46. The molecule has 5 rings (SSSR count). The number of para-hydroxylation sites is 1. The van der Waals surface area contributed by atoms with Crippen LogP contribution in [0, 0.1) is 0 Å². The average molecular weight is 419 g/mol. The van der Waals surface area contributed by atoms with Crippen molar-refractivity contribution in [1.82, 2.24) is 14.8 Å². The van der Waals surface area contributed by atoms with E-state index >= 15 is 0 Å². The van der Waals surface area contributed by atoms with Gasteiger partial charge in [-0.1, -0.05) is 24.3 Å². The molecular formula is C24H25N3O4. The zero-order chi connectivity index (χ0) is 21.7. The Morgan fingerprint density at radius 3 is 2.71 bits per heavy atom. The van der Waals surface area contributed by atoms with E-state index in [1.165, 1.54) is 4.90 Å². The number of hydrogen-bond acceptors (Lipinski definition) is 4. The lowest BCUT2D eigenvalue weighted by Crippen LogP contribution is -2.62. The molecule has 3 aromatic rings. The van der Waals surface area contributed by atoms with Crippen LogP contribution in [0.15, 0.2) is 42.5 Å². The van der Waals surface area contributed by atoms with E-state index in [1.54, 1.807) is 19.1 Å². The van der Waals surface area contributed by atoms with Crippen LogP contribution >= 0.6 is 0 Å². The van der Waals surface area contributed by atoms with Crippen molar-refractivity contribution in [3.63, 3.8) is 0 Å². The highest BCUT2D eigenvalue weighted by molar-refractivity contribution is 5.97. The summed E-state index contributed by atoms with van der Waals surface area (Å²) in [6, 6.07) is 12.9. The SMILES string of the molecule is CCOc1ccc(C2c3[nH]c4ccccc4c3CC3C(=O)N(C)CC(=O)N32)cc1OC. The topological polar surface area (TPSA) is 74.9 Å². The summed E-state index contributed by atoms with van der Waals surface area (Å²) in [5, 5.41) is 1.09. The van der Waals surface area contributed by atoms with Gasteiger partial charge < -0.3 is 24.3 Å². The normalized spacial score (nSPS) is 20.6. The highest BCUT2D eigenvalue weighted by atomic mass is 16.5. The summed E-state index contributed by atoms with van der Waals surface area (Å²) in [4.78, 5) is 33.1. The number of fused-ring (bicyclic) bond motifs is 4. The van der Waals surface area contributed by atoms with Crippen LogP contribution in [0.3, 0.4) is 0 Å². The number of piperazine rings is 1. The molecule has 2 aliphatic rings. The van der Waals surface area contributed by atoms with Gasteiger partial charge in [-0.2, -0.15) is 0 Å². The van der Waals surface area contributed by atoms with E-state index in [0.717, 1.165) is 27.7 Å². The number of likely N-dealkylation sites (N-methyl/N-ethyl adjacent to an activating group) is 1. The van der Waals surface area contributed by atoms with Crippen LogP contribution in [0.5, 0.6) is 11.5 Å². The minimum absolute atomic E-state index is 0.0292. The number of hydrogen-bond donors (Lipinski definition) is 1. The highest BCUT2D eigenvalue weighted by Gasteiger charge is 2.47. The molecule has 1 fully saturated rings. The Kier molecular flexibility index (Phi) is 4.61. The first-order chi connectivity index (χ1) is 15.0. The Bertz CT molecular complexity index is 1180. The molecule has 0 saturated carbocycles. The van der Waals surface area contributed by atoms with E-state index in [2.05, 4.69) is 11.1 Å². The molecule has 2 aliphatic heterocycles. The third-order valence-electron chi connectivity index (χ3n) is 6.26. The molecule has 2 atom stereocenters. The number of nitrogens with zero attached hydrogens (tertiary/aromatic N) is 2. The molecule has 7 nitrogen and oxygen atoms in total. The molecule has 2 unspecified atom stereocenters. The quantitative estimate of drug-likeness (QED) is 0.706. The van der Waals surface area contributed by atoms with Gasteiger partial charge in [0, 0.05) is 30.1 Å². The van der Waals surface area contributed by atoms with Crippen LogP contribution in [0.2, 0.25) is 0 Å². The van der Waals surface area contributed by atoms with E-state index in [4.69, 9.17) is 9.47 Å². The number of nitrogens with one attached hydrogen (secondary N) is 1. The van der Waals surface area contributed by atoms with Crippen LogP contribution < -0.4 is 9.47 Å². The third-order valence-corrected chi connectivity index (χ3v) is 6.26. The number of amides is 2. The van der Waals surface area contributed by atoms with Crippen LogP contribution in [0.25, 0.3) is 10.9 Å². The predicted molar refractivity (Wildman–Crippen MR) is 116 cm³/mol. The molecule has 2 aromatic carbocycles. The first kappa shape index (κ1) is 19.5. The minimum atomic E-state index is -0.527. The zero-order valence-corrected chi connectivity index (χ0v) is 17.8. The number of H-pyrrole nitrogens is 1. The van der Waals surface area contributed by atoms with E-state index in [1.807, 2.05) is 43.3 Å². The van der Waals surface area contributed by atoms with Crippen LogP contribution in [0.1, 0.15) is 29.8 Å². The van der Waals surface area contributed by atoms with Crippen LogP contribution in [-0.4, -0.2) is 59.9 Å². The molecule has 1 saturated heterocycles. The van der Waals surface area contributed by atoms with Crippen molar-refractivity contribution >= 4 is 22.7 Å². The number of aromatic amines is 1. The Hall–Kier alpha value is -3.48. The van der Waals surface area contributed by atoms with Gasteiger partial charge in [-0.3, -0.25) is 9.59 Å². The molecule has 2 amide bonds. The van der Waals surface area contributed by atoms with Gasteiger partial charge in [-0.15, -0.1) is 0 Å². The van der Waals surface area contributed by atoms with Gasteiger partial charge in [0.2, 0.25) is 11.8 Å². The van der Waals surface area contributed by atoms with Gasteiger partial charge in [0.15, 0.2) is 11.5 Å². The second-order valence-corrected chi connectivity index (χ2v) is 8.02. The maximum absolute atomic E-state index is 13.2. The number of ether oxygens (including phenoxy) is 2. The lowest BCUT2D eigenvalue weighted by atomic mass is 9.86. The van der Waals surface area contributed by atoms with Gasteiger partial charge in [0.25, 0.3) is 0 Å². The summed E-state index contributed by atoms with van der Waals surface area (Å²) in [5.41, 5.74) is 3.92. The molecule has 0 aliphatic carbocycles. The second-order valence-electron chi connectivity index (χ2n) is 8.02. The fourth-order valence-corrected chi connectivity index (χ4v) is 4.88. The fourth-order valence-electron chi connectivity index (χ4n) is 4.88. The lowest BCUT2D eigenvalue weighted by molar-refractivity contribution is -0.157. The van der Waals surface area contributed by atoms with Crippen molar-refractivity contribution in [2.45, 2.75) is 25.4 Å². The maximum Gasteiger partial charge on any atom is 0.245 e. The van der Waals surface area contributed by atoms with E-state index in [-0.39, 0.29) is 18.4 Å². The molecule has 7 heteroatoms. The Balaban J connectivity index is 1.72. The van der Waals surface area contributed by atoms with Gasteiger partial charge in [-0.25, -0.2) is 0 Å². The number of methoxy groups -OCH3 is 1. The third kappa shape index (κ3) is 2.95. The average Bonchev–Trinajstić information content (AvgIpc) is 3.15. The summed E-state index contributed by atoms with van der Waals surface area (Å²) < 4.78 is 11.2. The second kappa shape index (κ2) is 7.34. The standard InChI is InChI=1S/C24H25N3O4/c1-4-31-19-10-9-14(11-20(19)30-3)23-22-16(15-7-5-6-8-17(15)25-22)12-18-24(29)26(2)13-21(28)27(18)23/h5-11,18,23,25H,4,12-13H2,1-3H3. The van der Waals surface area contributed by atoms with Crippen molar-refractivity contribution < 1.29 is 19.1 Å². The Morgan fingerprint density at radius 2 is 1.94 bits per heavy atom. The van der Waals surface area contributed by atoms with Gasteiger partial charge in [0.05, 0.1) is 26.3 Å². The fraction of sp³-hybridized carbons (Fsp3) is 0.333. The summed E-state index contributed by atoms with van der Waals surface area (Å²) >= 11 is 0. The number of carbonyl (C=O) groups excluding carboxylic acids is 2. The molecule has 3 heterocycles. The summed E-state index contributed by atoms with van der Waals surface area (Å²) in [6.45, 7) is 2.53. The Labute approximate surface area is 180 Å². The first-order valence-corrected chi connectivity index (χ1v) is 10.5. The zero-order valence-electron chi connectivity index (χ0n) is 17.8. The highest BCUT2D eigenvalue weighted by Crippen LogP contribution is 2.44. The van der Waals surface area contributed by atoms with Gasteiger partial charge in [-0.05, 0) is 36.2 Å². The van der Waals surface area contributed by atoms with Crippen LogP contribution in [0.4, 0.5) is 0 Å². The van der Waals surface area contributed by atoms with Gasteiger partial charge in [0.1, 0.15) is 6.04 Å². The smallest absolute Gasteiger partial charge is 0.245 e. The van der Waals surface area contributed by atoms with Crippen molar-refractivity contribution in [3.8, 4) is 11.5 Å². The molecule has 0 spiro atoms. The molecule has 31 heavy (non-hydrogen) atoms. The number of rotatable bonds is 4. The van der Waals surface area contributed by atoms with E-state index in [0.29, 0.717) is 24.5 Å².